The summed E-state index contributed by atoms with van der Waals surface area (Å²) in [5.41, 5.74) is 3.19. The number of benzene rings is 2. The molecule has 1 heterocycles. The van der Waals surface area contributed by atoms with Gasteiger partial charge in [-0.25, -0.2) is 0 Å². The molecule has 0 saturated heterocycles. The first kappa shape index (κ1) is 18.2. The molecule has 1 aromatic heterocycles. The predicted molar refractivity (Wildman–Crippen MR) is 103 cm³/mol. The number of nitrogens with one attached hydrogen (secondary N) is 1. The number of furan rings is 1. The van der Waals surface area contributed by atoms with Crippen LogP contribution in [-0.2, 0) is 13.0 Å². The van der Waals surface area contributed by atoms with Crippen molar-refractivity contribution < 1.29 is 14.3 Å². The van der Waals surface area contributed by atoms with Gasteiger partial charge in [-0.1, -0.05) is 36.4 Å². The second-order valence-corrected chi connectivity index (χ2v) is 6.34. The Kier molecular flexibility index (Phi) is 6.10. The molecule has 136 valence electrons. The molecule has 4 heteroatoms. The number of hydrogen-bond donors (Lipinski definition) is 2. The van der Waals surface area contributed by atoms with Gasteiger partial charge in [-0.3, -0.25) is 0 Å². The Morgan fingerprint density at radius 3 is 2.38 bits per heavy atom. The molecule has 2 aromatic carbocycles. The van der Waals surface area contributed by atoms with Gasteiger partial charge in [0.05, 0.1) is 19.8 Å². The first-order chi connectivity index (χ1) is 12.7. The van der Waals surface area contributed by atoms with Crippen LogP contribution in [0, 0.1) is 0 Å². The average Bonchev–Trinajstić information content (AvgIpc) is 3.15. The van der Waals surface area contributed by atoms with E-state index in [2.05, 4.69) is 17.4 Å². The third-order valence-corrected chi connectivity index (χ3v) is 4.39. The van der Waals surface area contributed by atoms with E-state index in [0.29, 0.717) is 6.54 Å². The monoisotopic (exact) mass is 351 g/mol. The molecule has 0 aliphatic heterocycles. The molecule has 0 unspecified atom stereocenters. The maximum Gasteiger partial charge on any atom is 0.134 e. The van der Waals surface area contributed by atoms with Crippen LogP contribution in [0.15, 0.2) is 65.1 Å². The molecule has 0 spiro atoms. The fourth-order valence-corrected chi connectivity index (χ4v) is 2.79. The Balaban J connectivity index is 1.48. The summed E-state index contributed by atoms with van der Waals surface area (Å²) in [4.78, 5) is 0. The summed E-state index contributed by atoms with van der Waals surface area (Å²) in [5.74, 6) is 2.63. The van der Waals surface area contributed by atoms with Crippen LogP contribution in [0.1, 0.15) is 29.9 Å². The molecule has 0 radical (unpaired) electrons. The van der Waals surface area contributed by atoms with Crippen molar-refractivity contribution in [3.8, 4) is 17.1 Å². The SMILES string of the molecule is COc1ccc(CCNCc2ccc(-c3ccc([C@H](C)O)cc3)o2)cc1. The molecule has 0 amide bonds. The fourth-order valence-electron chi connectivity index (χ4n) is 2.79. The Hall–Kier alpha value is -2.56. The van der Waals surface area contributed by atoms with Crippen molar-refractivity contribution in [2.45, 2.75) is 26.0 Å². The van der Waals surface area contributed by atoms with Gasteiger partial charge in [-0.05, 0) is 55.3 Å². The molecule has 4 nitrogen and oxygen atoms in total. The van der Waals surface area contributed by atoms with Gasteiger partial charge in [0.15, 0.2) is 0 Å². The molecule has 2 N–H and O–H groups in total. The Morgan fingerprint density at radius 1 is 1.00 bits per heavy atom. The fraction of sp³-hybridized carbons (Fsp3) is 0.273. The van der Waals surface area contributed by atoms with Crippen LogP contribution in [0.3, 0.4) is 0 Å². The van der Waals surface area contributed by atoms with Crippen molar-refractivity contribution in [1.82, 2.24) is 5.32 Å². The van der Waals surface area contributed by atoms with Crippen LogP contribution in [0.5, 0.6) is 5.75 Å². The summed E-state index contributed by atoms with van der Waals surface area (Å²) >= 11 is 0. The smallest absolute Gasteiger partial charge is 0.134 e. The van der Waals surface area contributed by atoms with Gasteiger partial charge in [0.1, 0.15) is 17.3 Å². The van der Waals surface area contributed by atoms with E-state index >= 15 is 0 Å². The number of rotatable bonds is 8. The van der Waals surface area contributed by atoms with Crippen molar-refractivity contribution in [3.05, 3.63) is 77.6 Å². The number of aliphatic hydroxyl groups excluding tert-OH is 1. The molecular weight excluding hydrogens is 326 g/mol. The first-order valence-corrected chi connectivity index (χ1v) is 8.86. The zero-order chi connectivity index (χ0) is 18.4. The summed E-state index contributed by atoms with van der Waals surface area (Å²) in [6.07, 6.45) is 0.504. The lowest BCUT2D eigenvalue weighted by Crippen LogP contribution is -2.16. The van der Waals surface area contributed by atoms with Crippen LogP contribution in [0.4, 0.5) is 0 Å². The lowest BCUT2D eigenvalue weighted by atomic mass is 10.1. The number of ether oxygens (including phenoxy) is 1. The van der Waals surface area contributed by atoms with E-state index in [1.807, 2.05) is 48.5 Å². The van der Waals surface area contributed by atoms with Crippen LogP contribution < -0.4 is 10.1 Å². The second-order valence-electron chi connectivity index (χ2n) is 6.34. The van der Waals surface area contributed by atoms with Gasteiger partial charge in [0.2, 0.25) is 0 Å². The molecule has 0 bridgehead atoms. The maximum atomic E-state index is 9.58. The molecule has 0 fully saturated rings. The summed E-state index contributed by atoms with van der Waals surface area (Å²) in [6, 6.07) is 19.9. The van der Waals surface area contributed by atoms with Gasteiger partial charge < -0.3 is 19.6 Å². The van der Waals surface area contributed by atoms with Gasteiger partial charge in [0.25, 0.3) is 0 Å². The predicted octanol–water partition coefficient (Wildman–Crippen LogP) is 4.34. The average molecular weight is 351 g/mol. The van der Waals surface area contributed by atoms with E-state index in [1.54, 1.807) is 14.0 Å². The number of aliphatic hydroxyl groups is 1. The van der Waals surface area contributed by atoms with Crippen molar-refractivity contribution in [2.75, 3.05) is 13.7 Å². The van der Waals surface area contributed by atoms with E-state index in [9.17, 15) is 5.11 Å². The molecule has 1 atom stereocenters. The highest BCUT2D eigenvalue weighted by molar-refractivity contribution is 5.58. The zero-order valence-electron chi connectivity index (χ0n) is 15.2. The lowest BCUT2D eigenvalue weighted by molar-refractivity contribution is 0.199. The molecule has 3 rings (SSSR count). The molecule has 26 heavy (non-hydrogen) atoms. The van der Waals surface area contributed by atoms with E-state index in [0.717, 1.165) is 41.4 Å². The largest absolute Gasteiger partial charge is 0.497 e. The summed E-state index contributed by atoms with van der Waals surface area (Å²) in [7, 11) is 1.68. The van der Waals surface area contributed by atoms with Crippen LogP contribution >= 0.6 is 0 Å². The van der Waals surface area contributed by atoms with Gasteiger partial charge in [-0.2, -0.15) is 0 Å². The van der Waals surface area contributed by atoms with Crippen LogP contribution in [0.2, 0.25) is 0 Å². The maximum absolute atomic E-state index is 9.58. The molecule has 0 aliphatic rings. The van der Waals surface area contributed by atoms with Gasteiger partial charge in [-0.15, -0.1) is 0 Å². The van der Waals surface area contributed by atoms with E-state index in [4.69, 9.17) is 9.15 Å². The highest BCUT2D eigenvalue weighted by Crippen LogP contribution is 2.24. The Labute approximate surface area is 154 Å². The normalized spacial score (nSPS) is 12.1. The zero-order valence-corrected chi connectivity index (χ0v) is 15.2. The molecule has 3 aromatic rings. The van der Waals surface area contributed by atoms with Gasteiger partial charge >= 0.3 is 0 Å². The molecule has 0 aliphatic carbocycles. The lowest BCUT2D eigenvalue weighted by Gasteiger charge is -2.05. The van der Waals surface area contributed by atoms with E-state index in [1.165, 1.54) is 5.56 Å². The highest BCUT2D eigenvalue weighted by atomic mass is 16.5. The Morgan fingerprint density at radius 2 is 1.73 bits per heavy atom. The van der Waals surface area contributed by atoms with Crippen molar-refractivity contribution in [3.63, 3.8) is 0 Å². The minimum absolute atomic E-state index is 0.453. The van der Waals surface area contributed by atoms with Crippen molar-refractivity contribution in [1.29, 1.82) is 0 Å². The number of hydrogen-bond acceptors (Lipinski definition) is 4. The third kappa shape index (κ3) is 4.75. The quantitative estimate of drug-likeness (QED) is 0.593. The standard InChI is InChI=1S/C22H25NO3/c1-16(24)18-5-7-19(8-6-18)22-12-11-21(26-22)15-23-14-13-17-3-9-20(25-2)10-4-17/h3-12,16,23-24H,13-15H2,1-2H3/t16-/m0/s1. The minimum Gasteiger partial charge on any atom is -0.497 e. The van der Waals surface area contributed by atoms with E-state index in [-0.39, 0.29) is 0 Å². The van der Waals surface area contributed by atoms with Crippen molar-refractivity contribution in [2.24, 2.45) is 0 Å². The highest BCUT2D eigenvalue weighted by Gasteiger charge is 2.06. The summed E-state index contributed by atoms with van der Waals surface area (Å²) < 4.78 is 11.1. The van der Waals surface area contributed by atoms with Crippen LogP contribution in [-0.4, -0.2) is 18.8 Å². The van der Waals surface area contributed by atoms with Crippen molar-refractivity contribution >= 4 is 0 Å². The van der Waals surface area contributed by atoms with E-state index < -0.39 is 6.10 Å². The third-order valence-electron chi connectivity index (χ3n) is 4.39. The molecule has 0 saturated carbocycles. The van der Waals surface area contributed by atoms with Crippen LogP contribution in [0.25, 0.3) is 11.3 Å². The molecular formula is C22H25NO3. The number of methoxy groups -OCH3 is 1. The summed E-state index contributed by atoms with van der Waals surface area (Å²) in [6.45, 7) is 3.34. The first-order valence-electron chi connectivity index (χ1n) is 8.86. The second kappa shape index (κ2) is 8.70. The minimum atomic E-state index is -0.453. The topological polar surface area (TPSA) is 54.6 Å². The van der Waals surface area contributed by atoms with Gasteiger partial charge in [0, 0.05) is 5.56 Å². The summed E-state index contributed by atoms with van der Waals surface area (Å²) in [5, 5.41) is 13.0. The Bertz CT molecular complexity index is 804.